The van der Waals surface area contributed by atoms with Gasteiger partial charge in [0, 0.05) is 43.3 Å². The second kappa shape index (κ2) is 14.9. The van der Waals surface area contributed by atoms with E-state index in [-0.39, 0.29) is 44.6 Å². The molecule has 0 spiro atoms. The van der Waals surface area contributed by atoms with Crippen molar-refractivity contribution >= 4 is 78.0 Å². The van der Waals surface area contributed by atoms with Crippen molar-refractivity contribution in [3.05, 3.63) is 123 Å². The minimum Gasteiger partial charge on any atom is -0.311 e. The summed E-state index contributed by atoms with van der Waals surface area (Å²) in [5, 5.41) is 1.42. The summed E-state index contributed by atoms with van der Waals surface area (Å²) in [6.45, 7) is 44.3. The van der Waals surface area contributed by atoms with E-state index in [9.17, 15) is 0 Å². The van der Waals surface area contributed by atoms with Crippen LogP contribution in [0.5, 0.6) is 0 Å². The molecule has 0 bridgehead atoms. The third-order valence-electron chi connectivity index (χ3n) is 19.2. The normalized spacial score (nSPS) is 21.2. The molecule has 0 fully saturated rings. The van der Waals surface area contributed by atoms with Crippen LogP contribution < -0.4 is 25.5 Å². The van der Waals surface area contributed by atoms with E-state index in [1.165, 1.54) is 137 Å². The molecule has 3 aliphatic carbocycles. The van der Waals surface area contributed by atoms with Gasteiger partial charge in [-0.3, -0.25) is 0 Å². The van der Waals surface area contributed by atoms with Crippen LogP contribution in [0.1, 0.15) is 219 Å². The van der Waals surface area contributed by atoms with Gasteiger partial charge in [0.05, 0.1) is 5.69 Å². The highest BCUT2D eigenvalue weighted by Gasteiger charge is 2.49. The molecule has 1 atom stereocenters. The summed E-state index contributed by atoms with van der Waals surface area (Å²) in [7, 11) is 0. The van der Waals surface area contributed by atoms with Crippen LogP contribution in [0.3, 0.4) is 0 Å². The Morgan fingerprint density at radius 1 is 0.551 bits per heavy atom. The minimum absolute atomic E-state index is 0.0127. The fourth-order valence-corrected chi connectivity index (χ4v) is 15.1. The van der Waals surface area contributed by atoms with Crippen molar-refractivity contribution in [3.8, 4) is 0 Å². The number of anilines is 6. The van der Waals surface area contributed by atoms with E-state index in [0.717, 1.165) is 6.42 Å². The van der Waals surface area contributed by atoms with Crippen molar-refractivity contribution in [3.63, 3.8) is 0 Å². The summed E-state index contributed by atoms with van der Waals surface area (Å²) in [6.07, 6.45) is 8.30. The maximum atomic E-state index is 2.79. The van der Waals surface area contributed by atoms with Crippen LogP contribution >= 0.6 is 11.3 Å². The Balaban J connectivity index is 1.29. The molecule has 69 heavy (non-hydrogen) atoms. The molecule has 4 heteroatoms. The van der Waals surface area contributed by atoms with Gasteiger partial charge in [-0.15, -0.1) is 11.3 Å². The number of aryl methyl sites for hydroxylation is 1. The van der Waals surface area contributed by atoms with E-state index in [1.807, 2.05) is 0 Å². The number of benzene rings is 5. The maximum Gasteiger partial charge on any atom is 0.264 e. The molecule has 11 rings (SSSR count). The molecule has 5 aromatic carbocycles. The van der Waals surface area contributed by atoms with Crippen LogP contribution in [-0.4, -0.2) is 6.71 Å². The summed E-state index contributed by atoms with van der Waals surface area (Å²) in [5.41, 5.74) is 25.0. The third-order valence-corrected chi connectivity index (χ3v) is 20.4. The first-order valence-electron chi connectivity index (χ1n) is 26.9. The number of rotatable bonds is 4. The van der Waals surface area contributed by atoms with Gasteiger partial charge in [-0.2, -0.15) is 0 Å². The Morgan fingerprint density at radius 2 is 1.06 bits per heavy atom. The lowest BCUT2D eigenvalue weighted by molar-refractivity contribution is 0.332. The van der Waals surface area contributed by atoms with Gasteiger partial charge in [0.15, 0.2) is 0 Å². The van der Waals surface area contributed by atoms with E-state index in [1.54, 1.807) is 11.1 Å². The fraction of sp³-hybridized carbons (Fsp3) is 0.508. The van der Waals surface area contributed by atoms with Crippen molar-refractivity contribution in [1.29, 1.82) is 0 Å². The first-order valence-corrected chi connectivity index (χ1v) is 27.7. The quantitative estimate of drug-likeness (QED) is 0.162. The second-order valence-corrected chi connectivity index (χ2v) is 28.9. The number of hydrogen-bond acceptors (Lipinski definition) is 3. The maximum absolute atomic E-state index is 2.79. The summed E-state index contributed by atoms with van der Waals surface area (Å²) < 4.78 is 2.91. The SMILES string of the molecule is CCC(C)c1cc2c3c(c1)N(c1ccc4c(c1)C(C)(C)CCC4(C)C)c1c(sc4cc5c(cc14)C(C)(C)CCC5(C)C)B3c1ccc(C(C)(C)C)cc1N2c1cc2c(cc1C)C(C)(C)CCC2(C)C. The average molecular weight is 933 g/mol. The molecule has 360 valence electrons. The molecule has 0 saturated carbocycles. The van der Waals surface area contributed by atoms with Crippen molar-refractivity contribution < 1.29 is 0 Å². The van der Waals surface area contributed by atoms with Crippen molar-refractivity contribution in [2.24, 2.45) is 0 Å². The molecule has 5 aliphatic rings. The van der Waals surface area contributed by atoms with Crippen LogP contribution in [0.2, 0.25) is 0 Å². The summed E-state index contributed by atoms with van der Waals surface area (Å²) in [6, 6.07) is 31.1. The molecule has 2 nitrogen and oxygen atoms in total. The van der Waals surface area contributed by atoms with Gasteiger partial charge in [0.1, 0.15) is 0 Å². The van der Waals surface area contributed by atoms with Gasteiger partial charge in [-0.1, -0.05) is 142 Å². The Bertz CT molecular complexity index is 3140. The van der Waals surface area contributed by atoms with E-state index < -0.39 is 0 Å². The Kier molecular flexibility index (Phi) is 10.2. The molecule has 0 saturated heterocycles. The molecule has 0 radical (unpaired) electrons. The lowest BCUT2D eigenvalue weighted by Crippen LogP contribution is -2.60. The van der Waals surface area contributed by atoms with E-state index in [4.69, 9.17) is 0 Å². The monoisotopic (exact) mass is 933 g/mol. The Hall–Kier alpha value is -4.28. The van der Waals surface area contributed by atoms with Crippen LogP contribution in [-0.2, 0) is 37.9 Å². The van der Waals surface area contributed by atoms with Gasteiger partial charge < -0.3 is 9.80 Å². The predicted molar refractivity (Wildman–Crippen MR) is 304 cm³/mol. The smallest absolute Gasteiger partial charge is 0.264 e. The Labute approximate surface area is 421 Å². The highest BCUT2D eigenvalue weighted by molar-refractivity contribution is 7.33. The largest absolute Gasteiger partial charge is 0.311 e. The zero-order valence-electron chi connectivity index (χ0n) is 45.8. The van der Waals surface area contributed by atoms with Crippen LogP contribution in [0.15, 0.2) is 72.8 Å². The number of hydrogen-bond donors (Lipinski definition) is 0. The standard InChI is InChI=1S/C65H81BN2S/c1-19-38(2)40-31-53-56-54(32-40)68(51-36-48-45(30-39(51)3)61(9,10)26-28-64(48,15)16)52-33-41(59(4,5)6)20-23-50(52)66(56)58-57(43-35-47-49(37-55(43)69-58)65(17,18)29-27-63(47,13)14)67(53)42-21-22-44-46(34-42)62(11,12)25-24-60(44,7)8/h20-23,30-38H,19,24-29H2,1-18H3. The highest BCUT2D eigenvalue weighted by Crippen LogP contribution is 2.56. The van der Waals surface area contributed by atoms with Gasteiger partial charge >= 0.3 is 0 Å². The molecule has 6 aromatic rings. The minimum atomic E-state index is -0.0127. The molecule has 1 unspecified atom stereocenters. The first kappa shape index (κ1) is 47.1. The summed E-state index contributed by atoms with van der Waals surface area (Å²) in [4.78, 5) is 5.55. The molecule has 0 amide bonds. The number of thiophene rings is 1. The Morgan fingerprint density at radius 3 is 1.62 bits per heavy atom. The molecular formula is C65H81BN2S. The predicted octanol–water partition coefficient (Wildman–Crippen LogP) is 17.2. The molecule has 2 aliphatic heterocycles. The topological polar surface area (TPSA) is 6.48 Å². The van der Waals surface area contributed by atoms with E-state index >= 15 is 0 Å². The lowest BCUT2D eigenvalue weighted by atomic mass is 9.36. The fourth-order valence-electron chi connectivity index (χ4n) is 13.7. The van der Waals surface area contributed by atoms with Crippen molar-refractivity contribution in [1.82, 2.24) is 0 Å². The second-order valence-electron chi connectivity index (χ2n) is 27.8. The van der Waals surface area contributed by atoms with E-state index in [0.29, 0.717) is 5.92 Å². The van der Waals surface area contributed by atoms with E-state index in [2.05, 4.69) is 219 Å². The van der Waals surface area contributed by atoms with Crippen molar-refractivity contribution in [2.45, 2.75) is 213 Å². The van der Waals surface area contributed by atoms with Crippen LogP contribution in [0.25, 0.3) is 10.1 Å². The number of nitrogens with zero attached hydrogens (tertiary/aromatic N) is 2. The highest BCUT2D eigenvalue weighted by atomic mass is 32.1. The van der Waals surface area contributed by atoms with Crippen molar-refractivity contribution in [2.75, 3.05) is 9.80 Å². The summed E-state index contributed by atoms with van der Waals surface area (Å²) in [5.74, 6) is 0.388. The van der Waals surface area contributed by atoms with Crippen LogP contribution in [0.4, 0.5) is 34.1 Å². The zero-order valence-corrected chi connectivity index (χ0v) is 46.7. The number of fused-ring (bicyclic) bond motifs is 9. The van der Waals surface area contributed by atoms with Gasteiger partial charge in [-0.05, 0) is 205 Å². The third kappa shape index (κ3) is 6.96. The molecule has 0 N–H and O–H groups in total. The first-order chi connectivity index (χ1) is 32.1. The van der Waals surface area contributed by atoms with Gasteiger partial charge in [0.2, 0.25) is 0 Å². The summed E-state index contributed by atoms with van der Waals surface area (Å²) >= 11 is 2.09. The van der Waals surface area contributed by atoms with Crippen LogP contribution in [0, 0.1) is 6.92 Å². The molecule has 1 aromatic heterocycles. The zero-order chi connectivity index (χ0) is 49.5. The van der Waals surface area contributed by atoms with Gasteiger partial charge in [0.25, 0.3) is 6.71 Å². The molecule has 3 heterocycles. The average Bonchev–Trinajstić information content (AvgIpc) is 3.65. The lowest BCUT2D eigenvalue weighted by Gasteiger charge is -2.46. The molecular weight excluding hydrogens is 852 g/mol. The van der Waals surface area contributed by atoms with Gasteiger partial charge in [-0.25, -0.2) is 0 Å².